The molecule has 0 heterocycles. The van der Waals surface area contributed by atoms with E-state index in [0.29, 0.717) is 0 Å². The van der Waals surface area contributed by atoms with Crippen LogP contribution in [0.5, 0.6) is 0 Å². The molecule has 2 atom stereocenters. The average Bonchev–Trinajstić information content (AvgIpc) is 2.88. The van der Waals surface area contributed by atoms with Crippen molar-refractivity contribution in [3.05, 3.63) is 0 Å². The van der Waals surface area contributed by atoms with E-state index in [1.807, 2.05) is 0 Å². The summed E-state index contributed by atoms with van der Waals surface area (Å²) in [5.74, 6) is -8.62. The fourth-order valence-corrected chi connectivity index (χ4v) is 4.11. The van der Waals surface area contributed by atoms with Crippen LogP contribution in [0.3, 0.4) is 0 Å². The van der Waals surface area contributed by atoms with Crippen LogP contribution in [0, 0.1) is 0 Å². The van der Waals surface area contributed by atoms with Gasteiger partial charge in [0.25, 0.3) is 7.82 Å². The third-order valence-corrected chi connectivity index (χ3v) is 6.10. The van der Waals surface area contributed by atoms with E-state index >= 15 is 0 Å². The first-order valence-corrected chi connectivity index (χ1v) is 14.5. The zero-order valence-electron chi connectivity index (χ0n) is 24.5. The highest BCUT2D eigenvalue weighted by molar-refractivity contribution is 7.45. The highest BCUT2D eigenvalue weighted by Gasteiger charge is 2.20. The van der Waals surface area contributed by atoms with Gasteiger partial charge in [-0.15, -0.1) is 0 Å². The van der Waals surface area contributed by atoms with E-state index in [0.717, 1.165) is 23.6 Å². The lowest BCUT2D eigenvalue weighted by Gasteiger charge is -2.30. The summed E-state index contributed by atoms with van der Waals surface area (Å²) in [6, 6.07) is 0. The second kappa shape index (κ2) is 21.9. The Hall–Kier alpha value is -3.72. The summed E-state index contributed by atoms with van der Waals surface area (Å²) >= 11 is 0. The summed E-state index contributed by atoms with van der Waals surface area (Å²) < 4.78 is 30.5. The Morgan fingerprint density at radius 3 is 1.56 bits per heavy atom. The lowest BCUT2D eigenvalue weighted by atomic mass is 10.3. The van der Waals surface area contributed by atoms with Crippen LogP contribution in [0.2, 0.25) is 0 Å². The smallest absolute Gasteiger partial charge is 0.303 e. The van der Waals surface area contributed by atoms with E-state index in [2.05, 4.69) is 19.1 Å². The Kier molecular flexibility index (Phi) is 20.1. The molecule has 0 bridgehead atoms. The van der Waals surface area contributed by atoms with Crippen molar-refractivity contribution >= 4 is 49.5 Å². The maximum atomic E-state index is 12.3. The molecular weight excluding hydrogens is 635 g/mol. The molecule has 0 radical (unpaired) electrons. The third kappa shape index (κ3) is 24.3. The summed E-state index contributed by atoms with van der Waals surface area (Å²) in [4.78, 5) is 93.4. The molecule has 0 fully saturated rings. The molecule has 22 heteroatoms. The van der Waals surface area contributed by atoms with Gasteiger partial charge in [-0.2, -0.15) is 0 Å². The first kappa shape index (κ1) is 41.3. The second-order valence-electron chi connectivity index (χ2n) is 9.15. The number of esters is 2. The number of nitrogens with zero attached hydrogens (tertiary/aromatic N) is 3. The summed E-state index contributed by atoms with van der Waals surface area (Å²) in [5.41, 5.74) is 0. The van der Waals surface area contributed by atoms with Crippen molar-refractivity contribution in [2.45, 2.75) is 20.0 Å². The lowest BCUT2D eigenvalue weighted by Crippen LogP contribution is -2.50. The van der Waals surface area contributed by atoms with E-state index in [9.17, 15) is 63.4 Å². The summed E-state index contributed by atoms with van der Waals surface area (Å²) in [6.45, 7) is -4.60. The van der Waals surface area contributed by atoms with Gasteiger partial charge in [-0.3, -0.25) is 33.6 Å². The van der Waals surface area contributed by atoms with Gasteiger partial charge in [0.05, 0.1) is 43.6 Å². The molecule has 0 aliphatic heterocycles. The fraction of sp³-hybridized carbons (Fsp3) is 0.696. The van der Waals surface area contributed by atoms with Crippen LogP contribution in [0.25, 0.3) is 0 Å². The van der Waals surface area contributed by atoms with Crippen molar-refractivity contribution in [2.75, 3.05) is 85.3 Å². The predicted molar refractivity (Wildman–Crippen MR) is 134 cm³/mol. The summed E-state index contributed by atoms with van der Waals surface area (Å²) in [5, 5.41) is 46.3. The first-order chi connectivity index (χ1) is 20.9. The summed E-state index contributed by atoms with van der Waals surface area (Å²) in [6.07, 6.45) is -1.25. The van der Waals surface area contributed by atoms with Crippen LogP contribution >= 0.6 is 7.82 Å². The second-order valence-corrected chi connectivity index (χ2v) is 10.6. The van der Waals surface area contributed by atoms with Gasteiger partial charge in [0.2, 0.25) is 5.91 Å². The minimum Gasteiger partial charge on any atom is -0.756 e. The average molecular weight is 670 g/mol. The van der Waals surface area contributed by atoms with Crippen molar-refractivity contribution in [3.8, 4) is 0 Å². The number of ether oxygens (including phenoxy) is 2. The molecule has 1 N–H and O–H groups in total. The number of phosphoric acid groups is 1. The number of rotatable bonds is 26. The maximum absolute atomic E-state index is 12.3. The molecule has 0 saturated heterocycles. The van der Waals surface area contributed by atoms with E-state index in [4.69, 9.17) is 4.74 Å². The largest absolute Gasteiger partial charge is 0.756 e. The van der Waals surface area contributed by atoms with Crippen LogP contribution in [-0.2, 0) is 56.6 Å². The number of hydrogen-bond acceptors (Lipinski definition) is 20. The highest BCUT2D eigenvalue weighted by Crippen LogP contribution is 2.38. The van der Waals surface area contributed by atoms with Crippen LogP contribution in [0.1, 0.15) is 13.8 Å². The van der Waals surface area contributed by atoms with Crippen molar-refractivity contribution in [3.63, 3.8) is 0 Å². The molecular formula is C23H34N4O17P-5. The van der Waals surface area contributed by atoms with Crippen molar-refractivity contribution < 1.29 is 82.0 Å². The molecule has 0 aromatic rings. The maximum Gasteiger partial charge on any atom is 0.303 e. The molecule has 0 saturated carbocycles. The van der Waals surface area contributed by atoms with Crippen molar-refractivity contribution in [1.29, 1.82) is 0 Å². The number of amides is 1. The standard InChI is InChI=1S/C23H39N4O17P/c1-16(28)41-14-18(44-17(2)29)15-43-45(39,40)42-8-3-24-19(30)9-26(11-21(33)34)6-4-25(10-20(31)32)5-7-27(12-22(35)36)13-23(37)38/h18H,3-15H2,1-2H3,(H,24,30)(H,31,32)(H,33,34)(H,35,36)(H,37,38)(H,39,40)/p-5/t18-/m1/s1. The molecule has 0 aliphatic rings. The van der Waals surface area contributed by atoms with Crippen LogP contribution in [-0.4, -0.2) is 148 Å². The van der Waals surface area contributed by atoms with Crippen LogP contribution < -0.4 is 30.6 Å². The molecule has 0 spiro atoms. The summed E-state index contributed by atoms with van der Waals surface area (Å²) in [7, 11) is -4.97. The molecule has 1 unspecified atom stereocenters. The number of carboxylic acids is 4. The fourth-order valence-electron chi connectivity index (χ4n) is 3.37. The minimum atomic E-state index is -4.97. The van der Waals surface area contributed by atoms with Crippen molar-refractivity contribution in [1.82, 2.24) is 20.0 Å². The minimum absolute atomic E-state index is 0.190. The third-order valence-electron chi connectivity index (χ3n) is 5.14. The molecule has 1 amide bonds. The zero-order valence-corrected chi connectivity index (χ0v) is 25.4. The molecule has 0 rings (SSSR count). The molecule has 258 valence electrons. The van der Waals surface area contributed by atoms with E-state index in [1.165, 1.54) is 4.90 Å². The van der Waals surface area contributed by atoms with Crippen LogP contribution in [0.15, 0.2) is 0 Å². The van der Waals surface area contributed by atoms with Gasteiger partial charge < -0.3 is 68.3 Å². The molecule has 21 nitrogen and oxygen atoms in total. The van der Waals surface area contributed by atoms with Gasteiger partial charge in [0.1, 0.15) is 6.61 Å². The number of hydrogen-bond donors (Lipinski definition) is 1. The Balaban J connectivity index is 4.93. The Labute approximate surface area is 257 Å². The molecule has 0 aromatic carbocycles. The van der Waals surface area contributed by atoms with Crippen molar-refractivity contribution in [2.24, 2.45) is 0 Å². The van der Waals surface area contributed by atoms with Gasteiger partial charge in [-0.1, -0.05) is 0 Å². The first-order valence-electron chi connectivity index (χ1n) is 13.0. The Bertz CT molecular complexity index is 1060. The predicted octanol–water partition coefficient (Wildman–Crippen LogP) is -9.00. The lowest BCUT2D eigenvalue weighted by molar-refractivity contribution is -0.311. The monoisotopic (exact) mass is 669 g/mol. The normalized spacial score (nSPS) is 13.2. The number of nitrogens with one attached hydrogen (secondary N) is 1. The molecule has 45 heavy (non-hydrogen) atoms. The Morgan fingerprint density at radius 1 is 0.667 bits per heavy atom. The van der Waals surface area contributed by atoms with E-state index in [1.54, 1.807) is 0 Å². The quantitative estimate of drug-likeness (QED) is 0.0507. The van der Waals surface area contributed by atoms with Gasteiger partial charge >= 0.3 is 11.9 Å². The van der Waals surface area contributed by atoms with Gasteiger partial charge in [0.15, 0.2) is 6.10 Å². The van der Waals surface area contributed by atoms with Gasteiger partial charge in [0, 0.05) is 72.8 Å². The highest BCUT2D eigenvalue weighted by atomic mass is 31.2. The number of carboxylic acid groups (broad SMARTS) is 4. The topological polar surface area (TPSA) is 311 Å². The van der Waals surface area contributed by atoms with Crippen LogP contribution in [0.4, 0.5) is 0 Å². The molecule has 0 aliphatic carbocycles. The number of carbonyl (C=O) groups is 7. The zero-order chi connectivity index (χ0) is 34.6. The number of phosphoric ester groups is 1. The Morgan fingerprint density at radius 2 is 1.11 bits per heavy atom. The number of carbonyl (C=O) groups excluding carboxylic acids is 7. The van der Waals surface area contributed by atoms with E-state index < -0.39 is 115 Å². The number of aliphatic carboxylic acids is 4. The molecule has 0 aromatic heterocycles. The van der Waals surface area contributed by atoms with E-state index in [-0.39, 0.29) is 26.2 Å². The van der Waals surface area contributed by atoms with Gasteiger partial charge in [-0.25, -0.2) is 0 Å². The SMILES string of the molecule is CC(=O)OC[C@H](COP(=O)([O-])OCCNC(=O)CN(CCN(CCN(CC(=O)[O-])CC(=O)[O-])CC(=O)[O-])CC(=O)[O-])OC(C)=O. The van der Waals surface area contributed by atoms with Gasteiger partial charge in [-0.05, 0) is 0 Å².